The smallest absolute Gasteiger partial charge is 0.280 e. The number of halogens is 1. The van der Waals surface area contributed by atoms with Gasteiger partial charge in [0, 0.05) is 5.56 Å². The molecule has 0 fully saturated rings. The molecule has 0 spiro atoms. The van der Waals surface area contributed by atoms with Gasteiger partial charge in [-0.05, 0) is 17.7 Å². The summed E-state index contributed by atoms with van der Waals surface area (Å²) in [5.41, 5.74) is 3.04. The number of nitrogens with zero attached hydrogens (tertiary/aromatic N) is 5. The van der Waals surface area contributed by atoms with E-state index in [2.05, 4.69) is 20.5 Å². The Morgan fingerprint density at radius 2 is 1.85 bits per heavy atom. The molecule has 3 heterocycles. The van der Waals surface area contributed by atoms with E-state index in [0.29, 0.717) is 30.6 Å². The van der Waals surface area contributed by atoms with Crippen molar-refractivity contribution in [1.82, 2.24) is 25.1 Å². The van der Waals surface area contributed by atoms with Crippen molar-refractivity contribution < 1.29 is 13.7 Å². The van der Waals surface area contributed by atoms with Crippen LogP contribution in [0.25, 0.3) is 23.0 Å². The van der Waals surface area contributed by atoms with Gasteiger partial charge in [-0.1, -0.05) is 52.8 Å². The molecule has 0 aliphatic carbocycles. The minimum absolute atomic E-state index is 0.213. The molecule has 0 bridgehead atoms. The lowest BCUT2D eigenvalue weighted by atomic mass is 10.1. The first-order chi connectivity index (χ1) is 13.3. The molecule has 5 rings (SSSR count). The summed E-state index contributed by atoms with van der Waals surface area (Å²) in [6, 6.07) is 15.8. The Balaban J connectivity index is 1.42. The lowest BCUT2D eigenvalue weighted by molar-refractivity contribution is -0.00120. The van der Waals surface area contributed by atoms with Gasteiger partial charge in [0.2, 0.25) is 5.82 Å². The minimum Gasteiger partial charge on any atom is -0.365 e. The average molecular weight is 363 g/mol. The van der Waals surface area contributed by atoms with E-state index in [1.807, 2.05) is 30.3 Å². The van der Waals surface area contributed by atoms with E-state index >= 15 is 0 Å². The molecular formula is C19H14FN5O2. The molecule has 0 amide bonds. The summed E-state index contributed by atoms with van der Waals surface area (Å²) in [6.45, 7) is 0.779. The highest BCUT2D eigenvalue weighted by atomic mass is 19.1. The Labute approximate surface area is 153 Å². The number of hydrogen-bond acceptors (Lipinski definition) is 6. The molecule has 0 saturated carbocycles. The number of benzene rings is 2. The first kappa shape index (κ1) is 15.8. The van der Waals surface area contributed by atoms with Gasteiger partial charge in [-0.3, -0.25) is 0 Å². The summed E-state index contributed by atoms with van der Waals surface area (Å²) >= 11 is 0. The molecule has 1 unspecified atom stereocenters. The quantitative estimate of drug-likeness (QED) is 0.555. The third-order valence-electron chi connectivity index (χ3n) is 4.50. The van der Waals surface area contributed by atoms with Crippen molar-refractivity contribution in [2.45, 2.75) is 19.3 Å². The van der Waals surface area contributed by atoms with E-state index in [0.717, 1.165) is 16.8 Å². The Bertz CT molecular complexity index is 1080. The van der Waals surface area contributed by atoms with Gasteiger partial charge >= 0.3 is 0 Å². The summed E-state index contributed by atoms with van der Waals surface area (Å²) < 4.78 is 26.2. The fraction of sp³-hybridized carbons (Fsp3) is 0.158. The molecule has 7 nitrogen and oxygen atoms in total. The van der Waals surface area contributed by atoms with Crippen molar-refractivity contribution in [2.24, 2.45) is 0 Å². The Morgan fingerprint density at radius 3 is 2.67 bits per heavy atom. The van der Waals surface area contributed by atoms with Crippen LogP contribution in [0.1, 0.15) is 17.4 Å². The standard InChI is InChI=1S/C19H14FN5O2/c20-14-8-6-12(7-9-14)16-10-25-15(11-26-16)17(22-24-25)19-21-18(23-27-19)13-4-2-1-3-5-13/h1-9,16H,10-11H2. The van der Waals surface area contributed by atoms with Gasteiger partial charge in [0.15, 0.2) is 5.69 Å². The summed E-state index contributed by atoms with van der Waals surface area (Å²) in [4.78, 5) is 4.43. The van der Waals surface area contributed by atoms with Crippen LogP contribution in [-0.4, -0.2) is 25.1 Å². The Hall–Kier alpha value is -3.39. The van der Waals surface area contributed by atoms with E-state index in [1.54, 1.807) is 16.8 Å². The molecule has 2 aromatic carbocycles. The summed E-state index contributed by atoms with van der Waals surface area (Å²) in [5.74, 6) is 0.524. The molecule has 8 heteroatoms. The predicted molar refractivity (Wildman–Crippen MR) is 92.7 cm³/mol. The summed E-state index contributed by atoms with van der Waals surface area (Å²) in [6.07, 6.45) is -0.213. The highest BCUT2D eigenvalue weighted by molar-refractivity contribution is 5.58. The zero-order valence-electron chi connectivity index (χ0n) is 14.1. The molecule has 2 aromatic heterocycles. The van der Waals surface area contributed by atoms with E-state index in [-0.39, 0.29) is 11.9 Å². The Morgan fingerprint density at radius 1 is 1.04 bits per heavy atom. The number of aromatic nitrogens is 5. The van der Waals surface area contributed by atoms with Crippen molar-refractivity contribution in [1.29, 1.82) is 0 Å². The maximum absolute atomic E-state index is 13.1. The fourth-order valence-corrected chi connectivity index (χ4v) is 3.08. The molecule has 1 aliphatic heterocycles. The van der Waals surface area contributed by atoms with Crippen LogP contribution in [0.15, 0.2) is 59.1 Å². The van der Waals surface area contributed by atoms with Gasteiger partial charge in [-0.25, -0.2) is 9.07 Å². The second-order valence-corrected chi connectivity index (χ2v) is 6.21. The number of rotatable bonds is 3. The predicted octanol–water partition coefficient (Wildman–Crippen LogP) is 3.41. The summed E-state index contributed by atoms with van der Waals surface area (Å²) in [5, 5.41) is 12.4. The van der Waals surface area contributed by atoms with Crippen molar-refractivity contribution in [2.75, 3.05) is 0 Å². The van der Waals surface area contributed by atoms with Crippen LogP contribution in [0.5, 0.6) is 0 Å². The van der Waals surface area contributed by atoms with Crippen LogP contribution in [0.4, 0.5) is 4.39 Å². The van der Waals surface area contributed by atoms with Gasteiger partial charge in [-0.15, -0.1) is 5.10 Å². The van der Waals surface area contributed by atoms with Gasteiger partial charge in [0.25, 0.3) is 5.89 Å². The largest absolute Gasteiger partial charge is 0.365 e. The second kappa shape index (κ2) is 6.40. The molecular weight excluding hydrogens is 349 g/mol. The SMILES string of the molecule is Fc1ccc(C2Cn3nnc(-c4nc(-c5ccccc5)no4)c3CO2)cc1. The lowest BCUT2D eigenvalue weighted by Gasteiger charge is -2.24. The molecule has 1 atom stereocenters. The van der Waals surface area contributed by atoms with Gasteiger partial charge in [0.05, 0.1) is 18.8 Å². The van der Waals surface area contributed by atoms with Crippen LogP contribution in [0, 0.1) is 5.82 Å². The van der Waals surface area contributed by atoms with E-state index in [9.17, 15) is 4.39 Å². The fourth-order valence-electron chi connectivity index (χ4n) is 3.08. The van der Waals surface area contributed by atoms with Crippen molar-refractivity contribution in [3.63, 3.8) is 0 Å². The molecule has 1 aliphatic rings. The first-order valence-corrected chi connectivity index (χ1v) is 8.47. The van der Waals surface area contributed by atoms with Crippen molar-refractivity contribution in [3.05, 3.63) is 71.7 Å². The van der Waals surface area contributed by atoms with Crippen molar-refractivity contribution >= 4 is 0 Å². The topological polar surface area (TPSA) is 78.9 Å². The molecule has 0 saturated heterocycles. The normalized spacial score (nSPS) is 16.3. The Kier molecular flexibility index (Phi) is 3.75. The van der Waals surface area contributed by atoms with E-state index in [4.69, 9.17) is 9.26 Å². The van der Waals surface area contributed by atoms with E-state index in [1.165, 1.54) is 12.1 Å². The number of hydrogen-bond donors (Lipinski definition) is 0. The third-order valence-corrected chi connectivity index (χ3v) is 4.50. The molecule has 134 valence electrons. The monoisotopic (exact) mass is 363 g/mol. The molecule has 0 N–H and O–H groups in total. The van der Waals surface area contributed by atoms with E-state index < -0.39 is 0 Å². The zero-order chi connectivity index (χ0) is 18.2. The number of ether oxygens (including phenoxy) is 1. The van der Waals surface area contributed by atoms with Gasteiger partial charge in [0.1, 0.15) is 11.9 Å². The van der Waals surface area contributed by atoms with Crippen LogP contribution in [0.2, 0.25) is 0 Å². The maximum Gasteiger partial charge on any atom is 0.280 e. The van der Waals surface area contributed by atoms with Crippen molar-refractivity contribution in [3.8, 4) is 23.0 Å². The lowest BCUT2D eigenvalue weighted by Crippen LogP contribution is -2.22. The molecule has 4 aromatic rings. The third kappa shape index (κ3) is 2.89. The average Bonchev–Trinajstić information content (AvgIpc) is 3.36. The van der Waals surface area contributed by atoms with Crippen LogP contribution >= 0.6 is 0 Å². The highest BCUT2D eigenvalue weighted by Crippen LogP contribution is 2.30. The number of fused-ring (bicyclic) bond motifs is 1. The first-order valence-electron chi connectivity index (χ1n) is 8.47. The van der Waals surface area contributed by atoms with Gasteiger partial charge in [-0.2, -0.15) is 4.98 Å². The highest BCUT2D eigenvalue weighted by Gasteiger charge is 2.28. The maximum atomic E-state index is 13.1. The minimum atomic E-state index is -0.274. The van der Waals surface area contributed by atoms with Crippen LogP contribution < -0.4 is 0 Å². The molecule has 0 radical (unpaired) electrons. The second-order valence-electron chi connectivity index (χ2n) is 6.21. The van der Waals surface area contributed by atoms with Crippen LogP contribution in [0.3, 0.4) is 0 Å². The van der Waals surface area contributed by atoms with Crippen LogP contribution in [-0.2, 0) is 17.9 Å². The zero-order valence-corrected chi connectivity index (χ0v) is 14.1. The molecule has 27 heavy (non-hydrogen) atoms. The van der Waals surface area contributed by atoms with Gasteiger partial charge < -0.3 is 9.26 Å². The summed E-state index contributed by atoms with van der Waals surface area (Å²) in [7, 11) is 0.